The molecular weight excluding hydrogens is 376 g/mol. The molecule has 30 heavy (non-hydrogen) atoms. The lowest BCUT2D eigenvalue weighted by Gasteiger charge is -2.54. The molecule has 5 nitrogen and oxygen atoms in total. The smallest absolute Gasteiger partial charge is 0.233 e. The fourth-order valence-corrected chi connectivity index (χ4v) is 5.40. The minimum absolute atomic E-state index is 0.00510. The summed E-state index contributed by atoms with van der Waals surface area (Å²) in [6.07, 6.45) is 14.3. The van der Waals surface area contributed by atoms with Crippen molar-refractivity contribution in [2.45, 2.75) is 52.5 Å². The van der Waals surface area contributed by atoms with Crippen LogP contribution in [0, 0.1) is 17.3 Å². The van der Waals surface area contributed by atoms with Gasteiger partial charge < -0.3 is 15.3 Å². The lowest BCUT2D eigenvalue weighted by molar-refractivity contribution is -0.147. The predicted octanol–water partition coefficient (Wildman–Crippen LogP) is 3.97. The second-order valence-corrected chi connectivity index (χ2v) is 9.24. The monoisotopic (exact) mass is 408 g/mol. The number of carbonyl (C=O) groups excluding carboxylic acids is 2. The van der Waals surface area contributed by atoms with Crippen LogP contribution in [0.25, 0.3) is 0 Å². The van der Waals surface area contributed by atoms with Crippen molar-refractivity contribution >= 4 is 11.8 Å². The number of nitrogens with zero attached hydrogens (tertiary/aromatic N) is 1. The summed E-state index contributed by atoms with van der Waals surface area (Å²) in [6.45, 7) is 7.58. The Balaban J connectivity index is 1.85. The van der Waals surface area contributed by atoms with E-state index >= 15 is 0 Å². The Labute approximate surface area is 178 Å². The number of amides is 2. The van der Waals surface area contributed by atoms with Crippen molar-refractivity contribution in [3.05, 3.63) is 58.9 Å². The van der Waals surface area contributed by atoms with Gasteiger partial charge in [0, 0.05) is 25.4 Å². The normalized spacial score (nSPS) is 29.5. The van der Waals surface area contributed by atoms with E-state index in [-0.39, 0.29) is 29.5 Å². The molecular formula is C25H32N2O3. The number of aliphatic hydroxyl groups is 1. The largest absolute Gasteiger partial charge is 0.508 e. The SMILES string of the molecule is CCCN1C(=O)CCC2(C(=O)NCCC(C)C)C3=CC4C(=CC=C3)C=C(O)C=C4C12. The molecule has 0 aromatic rings. The van der Waals surface area contributed by atoms with E-state index in [1.807, 2.05) is 23.1 Å². The topological polar surface area (TPSA) is 69.6 Å². The van der Waals surface area contributed by atoms with Crippen LogP contribution in [0.2, 0.25) is 0 Å². The number of hydrogen-bond donors (Lipinski definition) is 2. The molecule has 0 spiro atoms. The summed E-state index contributed by atoms with van der Waals surface area (Å²) in [5.41, 5.74) is 2.12. The lowest BCUT2D eigenvalue weighted by Crippen LogP contribution is -2.64. The summed E-state index contributed by atoms with van der Waals surface area (Å²) in [7, 11) is 0. The van der Waals surface area contributed by atoms with Crippen LogP contribution in [0.15, 0.2) is 58.9 Å². The van der Waals surface area contributed by atoms with Crippen LogP contribution in [0.1, 0.15) is 46.5 Å². The highest BCUT2D eigenvalue weighted by Crippen LogP contribution is 2.54. The van der Waals surface area contributed by atoms with Crippen LogP contribution in [0.3, 0.4) is 0 Å². The fourth-order valence-electron chi connectivity index (χ4n) is 5.40. The maximum absolute atomic E-state index is 13.8. The molecule has 1 saturated heterocycles. The van der Waals surface area contributed by atoms with Gasteiger partial charge in [-0.15, -0.1) is 0 Å². The highest BCUT2D eigenvalue weighted by atomic mass is 16.3. The van der Waals surface area contributed by atoms with Crippen molar-refractivity contribution in [1.82, 2.24) is 10.2 Å². The van der Waals surface area contributed by atoms with Crippen LogP contribution >= 0.6 is 0 Å². The Bertz CT molecular complexity index is 905. The van der Waals surface area contributed by atoms with Gasteiger partial charge in [0.05, 0.1) is 11.5 Å². The molecule has 160 valence electrons. The molecule has 0 aromatic carbocycles. The first-order valence-electron chi connectivity index (χ1n) is 11.2. The molecule has 3 aliphatic carbocycles. The molecule has 4 rings (SSSR count). The van der Waals surface area contributed by atoms with Crippen molar-refractivity contribution in [2.75, 3.05) is 13.1 Å². The third-order valence-corrected chi connectivity index (χ3v) is 6.80. The fraction of sp³-hybridized carbons (Fsp3) is 0.520. The predicted molar refractivity (Wildman–Crippen MR) is 118 cm³/mol. The summed E-state index contributed by atoms with van der Waals surface area (Å²) in [5, 5.41) is 13.6. The number of nitrogens with one attached hydrogen (secondary N) is 1. The molecule has 2 amide bonds. The Hall–Kier alpha value is -2.56. The first-order valence-corrected chi connectivity index (χ1v) is 11.2. The lowest BCUT2D eigenvalue weighted by atomic mass is 9.58. The zero-order valence-electron chi connectivity index (χ0n) is 18.1. The van der Waals surface area contributed by atoms with E-state index in [4.69, 9.17) is 0 Å². The van der Waals surface area contributed by atoms with Gasteiger partial charge in [0.2, 0.25) is 11.8 Å². The van der Waals surface area contributed by atoms with E-state index in [1.165, 1.54) is 0 Å². The van der Waals surface area contributed by atoms with Crippen LogP contribution in [-0.2, 0) is 9.59 Å². The van der Waals surface area contributed by atoms with Crippen LogP contribution in [0.5, 0.6) is 0 Å². The first-order chi connectivity index (χ1) is 14.4. The van der Waals surface area contributed by atoms with Crippen molar-refractivity contribution in [1.29, 1.82) is 0 Å². The molecule has 1 aliphatic heterocycles. The van der Waals surface area contributed by atoms with Gasteiger partial charge in [0.1, 0.15) is 5.76 Å². The molecule has 3 atom stereocenters. The second kappa shape index (κ2) is 7.93. The summed E-state index contributed by atoms with van der Waals surface area (Å²) in [6, 6.07) is -0.371. The average molecular weight is 409 g/mol. The van der Waals surface area contributed by atoms with Gasteiger partial charge in [-0.1, -0.05) is 45.1 Å². The zero-order chi connectivity index (χ0) is 21.5. The van der Waals surface area contributed by atoms with Gasteiger partial charge in [0.15, 0.2) is 0 Å². The van der Waals surface area contributed by atoms with E-state index in [1.54, 1.807) is 12.2 Å². The molecule has 0 saturated carbocycles. The van der Waals surface area contributed by atoms with Gasteiger partial charge in [-0.3, -0.25) is 9.59 Å². The number of piperidine rings is 1. The number of rotatable bonds is 6. The number of hydrogen-bond acceptors (Lipinski definition) is 3. The standard InChI is InChI=1S/C25H32N2O3/c1-4-12-27-22(29)8-10-25(24(30)26-11-9-16(2)3)18-7-5-6-17-13-19(28)15-21(23(25)27)20(17)14-18/h5-7,13-16,20,23,28H,4,8-12H2,1-3H3,(H,26,30). The number of aliphatic hydroxyl groups excluding tert-OH is 1. The molecule has 0 radical (unpaired) electrons. The zero-order valence-corrected chi connectivity index (χ0v) is 18.1. The number of carbonyl (C=O) groups is 2. The van der Waals surface area contributed by atoms with Gasteiger partial charge >= 0.3 is 0 Å². The van der Waals surface area contributed by atoms with E-state index in [0.29, 0.717) is 31.8 Å². The third kappa shape index (κ3) is 3.24. The molecule has 5 heteroatoms. The van der Waals surface area contributed by atoms with Crippen molar-refractivity contribution in [2.24, 2.45) is 17.3 Å². The molecule has 2 N–H and O–H groups in total. The molecule has 3 unspecified atom stereocenters. The Morgan fingerprint density at radius 2 is 2.17 bits per heavy atom. The van der Waals surface area contributed by atoms with Gasteiger partial charge in [-0.25, -0.2) is 0 Å². The van der Waals surface area contributed by atoms with Crippen molar-refractivity contribution in [3.63, 3.8) is 0 Å². The van der Waals surface area contributed by atoms with Gasteiger partial charge in [0.25, 0.3) is 0 Å². The maximum Gasteiger partial charge on any atom is 0.233 e. The van der Waals surface area contributed by atoms with E-state index in [0.717, 1.165) is 29.6 Å². The Morgan fingerprint density at radius 3 is 2.90 bits per heavy atom. The summed E-state index contributed by atoms with van der Waals surface area (Å²) >= 11 is 0. The van der Waals surface area contributed by atoms with Crippen LogP contribution in [-0.4, -0.2) is 41.0 Å². The second-order valence-electron chi connectivity index (χ2n) is 9.24. The number of likely N-dealkylation sites (tertiary alicyclic amines) is 1. The molecule has 0 aromatic heterocycles. The van der Waals surface area contributed by atoms with Gasteiger partial charge in [-0.2, -0.15) is 0 Å². The quantitative estimate of drug-likeness (QED) is 0.699. The molecule has 4 aliphatic rings. The van der Waals surface area contributed by atoms with Crippen molar-refractivity contribution in [3.8, 4) is 0 Å². The third-order valence-electron chi connectivity index (χ3n) is 6.80. The molecule has 2 bridgehead atoms. The summed E-state index contributed by atoms with van der Waals surface area (Å²) < 4.78 is 0. The number of allylic oxidation sites excluding steroid dienone is 7. The van der Waals surface area contributed by atoms with Crippen molar-refractivity contribution < 1.29 is 14.7 Å². The van der Waals surface area contributed by atoms with Gasteiger partial charge in [-0.05, 0) is 54.1 Å². The number of fused-ring (bicyclic) bond motifs is 3. The highest BCUT2D eigenvalue weighted by molar-refractivity contribution is 5.93. The molecule has 1 heterocycles. The minimum atomic E-state index is -0.820. The highest BCUT2D eigenvalue weighted by Gasteiger charge is 2.58. The van der Waals surface area contributed by atoms with E-state index < -0.39 is 5.41 Å². The molecule has 1 fully saturated rings. The minimum Gasteiger partial charge on any atom is -0.508 e. The summed E-state index contributed by atoms with van der Waals surface area (Å²) in [5.74, 6) is 0.761. The first kappa shape index (κ1) is 20.7. The van der Waals surface area contributed by atoms with E-state index in [2.05, 4.69) is 32.2 Å². The summed E-state index contributed by atoms with van der Waals surface area (Å²) in [4.78, 5) is 28.7. The van der Waals surface area contributed by atoms with E-state index in [9.17, 15) is 14.7 Å². The maximum atomic E-state index is 13.8. The Morgan fingerprint density at radius 1 is 1.37 bits per heavy atom. The van der Waals surface area contributed by atoms with Crippen LogP contribution < -0.4 is 5.32 Å². The average Bonchev–Trinajstić information content (AvgIpc) is 2.90. The Kier molecular flexibility index (Phi) is 5.48. The van der Waals surface area contributed by atoms with Crippen LogP contribution in [0.4, 0.5) is 0 Å².